The molecule has 2 fully saturated rings. The van der Waals surface area contributed by atoms with Crippen molar-refractivity contribution < 1.29 is 31.6 Å². The number of anilines is 1. The van der Waals surface area contributed by atoms with E-state index in [1.807, 2.05) is 0 Å². The Bertz CT molecular complexity index is 1690. The number of benzene rings is 2. The molecular weight excluding hydrogens is 612 g/mol. The van der Waals surface area contributed by atoms with E-state index in [4.69, 9.17) is 16.3 Å². The van der Waals surface area contributed by atoms with Crippen LogP contribution in [0.15, 0.2) is 53.5 Å². The molecular formula is C27H28ClF2N5O7S. The summed E-state index contributed by atoms with van der Waals surface area (Å²) in [5, 5.41) is 16.3. The van der Waals surface area contributed by atoms with Gasteiger partial charge in [0.05, 0.1) is 34.7 Å². The molecule has 0 atom stereocenters. The Balaban J connectivity index is 1.38. The molecule has 0 unspecified atom stereocenters. The molecule has 43 heavy (non-hydrogen) atoms. The van der Waals surface area contributed by atoms with Crippen molar-refractivity contribution in [3.63, 3.8) is 0 Å². The van der Waals surface area contributed by atoms with Gasteiger partial charge in [-0.05, 0) is 37.1 Å². The maximum Gasteiger partial charge on any atom is 0.387 e. The highest BCUT2D eigenvalue weighted by atomic mass is 35.5. The van der Waals surface area contributed by atoms with Gasteiger partial charge in [0.25, 0.3) is 5.69 Å². The molecule has 2 heterocycles. The van der Waals surface area contributed by atoms with Gasteiger partial charge in [0.15, 0.2) is 0 Å². The normalized spacial score (nSPS) is 16.7. The fraction of sp³-hybridized carbons (Fsp3) is 0.407. The van der Waals surface area contributed by atoms with Crippen LogP contribution in [0.5, 0.6) is 11.5 Å². The minimum absolute atomic E-state index is 0.0341. The maximum atomic E-state index is 13.6. The molecule has 3 aromatic rings. The molecule has 0 radical (unpaired) electrons. The summed E-state index contributed by atoms with van der Waals surface area (Å²) in [6.07, 6.45) is 3.42. The second-order valence-electron chi connectivity index (χ2n) is 10.7. The van der Waals surface area contributed by atoms with Gasteiger partial charge in [-0.1, -0.05) is 30.7 Å². The molecule has 1 saturated carbocycles. The van der Waals surface area contributed by atoms with E-state index >= 15 is 0 Å². The zero-order chi connectivity index (χ0) is 30.9. The summed E-state index contributed by atoms with van der Waals surface area (Å²) in [5.74, 6) is -1.41. The zero-order valence-electron chi connectivity index (χ0n) is 23.0. The smallest absolute Gasteiger partial charge is 0.387 e. The topological polar surface area (TPSA) is 137 Å². The van der Waals surface area contributed by atoms with Crippen LogP contribution in [0.25, 0.3) is 5.69 Å². The van der Waals surface area contributed by atoms with E-state index in [0.29, 0.717) is 23.0 Å². The number of ether oxygens (including phenoxy) is 2. The van der Waals surface area contributed by atoms with E-state index in [0.717, 1.165) is 35.3 Å². The van der Waals surface area contributed by atoms with E-state index < -0.39 is 49.9 Å². The van der Waals surface area contributed by atoms with Crippen molar-refractivity contribution in [1.82, 2.24) is 14.1 Å². The molecule has 12 nitrogen and oxygen atoms in total. The standard InChI is InChI=1S/C27H28ClF2N5O7S/c1-27(8-9-27)17-41-24-22(15-31-34(25(24)36)19-5-2-4-18(28)14-19)32-10-12-33(13-11-32)43(39,40)16-20-21(35(37)38)6-3-7-23(20)42-26(29)30/h2-7,14-15,26H,8-13,16-17H2,1H3. The summed E-state index contributed by atoms with van der Waals surface area (Å²) >= 11 is 6.12. The van der Waals surface area contributed by atoms with Gasteiger partial charge < -0.3 is 14.4 Å². The molecule has 0 spiro atoms. The van der Waals surface area contributed by atoms with Crippen LogP contribution in [0.1, 0.15) is 25.3 Å². The molecule has 1 aromatic heterocycles. The van der Waals surface area contributed by atoms with Crippen LogP contribution in [-0.2, 0) is 15.8 Å². The Morgan fingerprint density at radius 2 is 1.84 bits per heavy atom. The number of nitro groups is 1. The molecule has 16 heteroatoms. The Morgan fingerprint density at radius 1 is 1.14 bits per heavy atom. The lowest BCUT2D eigenvalue weighted by Crippen LogP contribution is -2.49. The predicted molar refractivity (Wildman–Crippen MR) is 154 cm³/mol. The number of sulfonamides is 1. The van der Waals surface area contributed by atoms with Crippen LogP contribution < -0.4 is 19.9 Å². The molecule has 0 bridgehead atoms. The minimum Gasteiger partial charge on any atom is -0.486 e. The van der Waals surface area contributed by atoms with Crippen LogP contribution in [0, 0.1) is 15.5 Å². The van der Waals surface area contributed by atoms with Crippen molar-refractivity contribution in [2.75, 3.05) is 37.7 Å². The summed E-state index contributed by atoms with van der Waals surface area (Å²) in [4.78, 5) is 26.0. The Kier molecular flexibility index (Phi) is 8.58. The number of hydrogen-bond donors (Lipinski definition) is 0. The molecule has 0 N–H and O–H groups in total. The van der Waals surface area contributed by atoms with Crippen molar-refractivity contribution in [2.45, 2.75) is 32.1 Å². The average molecular weight is 640 g/mol. The second-order valence-corrected chi connectivity index (χ2v) is 13.1. The van der Waals surface area contributed by atoms with Crippen molar-refractivity contribution in [1.29, 1.82) is 0 Å². The summed E-state index contributed by atoms with van der Waals surface area (Å²) in [5.41, 5.74) is -0.787. The van der Waals surface area contributed by atoms with Gasteiger partial charge in [-0.3, -0.25) is 14.9 Å². The largest absolute Gasteiger partial charge is 0.486 e. The highest BCUT2D eigenvalue weighted by Gasteiger charge is 2.39. The summed E-state index contributed by atoms with van der Waals surface area (Å²) in [6, 6.07) is 9.88. The molecule has 0 amide bonds. The molecule has 230 valence electrons. The molecule has 2 aromatic carbocycles. The SMILES string of the molecule is CC1(COc2c(N3CCN(S(=O)(=O)Cc4c(OC(F)F)cccc4[N+](=O)[O-])CC3)cnn(-c3cccc(Cl)c3)c2=O)CC1. The lowest BCUT2D eigenvalue weighted by atomic mass is 10.2. The summed E-state index contributed by atoms with van der Waals surface area (Å²) in [7, 11) is -4.19. The monoisotopic (exact) mass is 639 g/mol. The number of aromatic nitrogens is 2. The third-order valence-electron chi connectivity index (χ3n) is 7.46. The first-order chi connectivity index (χ1) is 20.4. The van der Waals surface area contributed by atoms with Gasteiger partial charge in [0.1, 0.15) is 11.4 Å². The van der Waals surface area contributed by atoms with Gasteiger partial charge in [0.2, 0.25) is 15.8 Å². The van der Waals surface area contributed by atoms with Crippen molar-refractivity contribution in [3.8, 4) is 17.2 Å². The van der Waals surface area contributed by atoms with E-state index in [9.17, 15) is 32.1 Å². The molecule has 5 rings (SSSR count). The quantitative estimate of drug-likeness (QED) is 0.223. The van der Waals surface area contributed by atoms with Gasteiger partial charge in [-0.2, -0.15) is 22.9 Å². The van der Waals surface area contributed by atoms with Crippen molar-refractivity contribution in [3.05, 3.63) is 79.7 Å². The first-order valence-electron chi connectivity index (χ1n) is 13.3. The fourth-order valence-corrected chi connectivity index (χ4v) is 6.49. The molecule has 2 aliphatic rings. The second kappa shape index (κ2) is 12.1. The molecule has 1 saturated heterocycles. The zero-order valence-corrected chi connectivity index (χ0v) is 24.6. The van der Waals surface area contributed by atoms with Gasteiger partial charge in [0, 0.05) is 42.7 Å². The number of nitrogens with zero attached hydrogens (tertiary/aromatic N) is 5. The van der Waals surface area contributed by atoms with E-state index in [2.05, 4.69) is 16.8 Å². The number of halogens is 3. The molecule has 1 aliphatic heterocycles. The average Bonchev–Trinajstić information content (AvgIpc) is 3.69. The first kappa shape index (κ1) is 30.6. The van der Waals surface area contributed by atoms with Crippen molar-refractivity contribution >= 4 is 33.0 Å². The Morgan fingerprint density at radius 3 is 2.47 bits per heavy atom. The Hall–Kier alpha value is -3.82. The van der Waals surface area contributed by atoms with Crippen molar-refractivity contribution in [2.24, 2.45) is 5.41 Å². The highest BCUT2D eigenvalue weighted by molar-refractivity contribution is 7.88. The minimum atomic E-state index is -4.19. The van der Waals surface area contributed by atoms with Gasteiger partial charge in [-0.15, -0.1) is 0 Å². The predicted octanol–water partition coefficient (Wildman–Crippen LogP) is 4.23. The summed E-state index contributed by atoms with van der Waals surface area (Å²) in [6.45, 7) is -0.706. The lowest BCUT2D eigenvalue weighted by Gasteiger charge is -2.35. The van der Waals surface area contributed by atoms with E-state index in [1.54, 1.807) is 29.2 Å². The fourth-order valence-electron chi connectivity index (χ4n) is 4.74. The number of nitro benzene ring substituents is 1. The van der Waals surface area contributed by atoms with Crippen LogP contribution in [0.2, 0.25) is 5.02 Å². The molecule has 1 aliphatic carbocycles. The third-order valence-corrected chi connectivity index (χ3v) is 9.50. The van der Waals surface area contributed by atoms with Crippen LogP contribution in [0.3, 0.4) is 0 Å². The Labute approximate surface area is 250 Å². The van der Waals surface area contributed by atoms with Crippen LogP contribution in [0.4, 0.5) is 20.2 Å². The van der Waals surface area contributed by atoms with Gasteiger partial charge in [-0.25, -0.2) is 8.42 Å². The van der Waals surface area contributed by atoms with Crippen LogP contribution >= 0.6 is 11.6 Å². The first-order valence-corrected chi connectivity index (χ1v) is 15.3. The van der Waals surface area contributed by atoms with E-state index in [1.165, 1.54) is 10.9 Å². The van der Waals surface area contributed by atoms with Gasteiger partial charge >= 0.3 is 12.2 Å². The number of alkyl halides is 2. The number of rotatable bonds is 11. The van der Waals surface area contributed by atoms with E-state index in [-0.39, 0.29) is 37.3 Å². The highest BCUT2D eigenvalue weighted by Crippen LogP contribution is 2.45. The summed E-state index contributed by atoms with van der Waals surface area (Å²) < 4.78 is 65.3. The lowest BCUT2D eigenvalue weighted by molar-refractivity contribution is -0.385. The third kappa shape index (κ3) is 6.89. The maximum absolute atomic E-state index is 13.6. The van der Waals surface area contributed by atoms with Crippen LogP contribution in [-0.4, -0.2) is 66.8 Å². The number of hydrogen-bond acceptors (Lipinski definition) is 9. The number of piperazine rings is 1.